The molecule has 0 fully saturated rings. The lowest BCUT2D eigenvalue weighted by atomic mass is 9.86. The number of hydrogen-bond acceptors (Lipinski definition) is 2. The molecule has 5 heteroatoms. The molecule has 0 heterocycles. The van der Waals surface area contributed by atoms with Crippen molar-refractivity contribution in [3.63, 3.8) is 0 Å². The summed E-state index contributed by atoms with van der Waals surface area (Å²) in [7, 11) is 0. The summed E-state index contributed by atoms with van der Waals surface area (Å²) in [4.78, 5) is 9.81. The van der Waals surface area contributed by atoms with Gasteiger partial charge < -0.3 is 0 Å². The number of rotatable bonds is 3. The van der Waals surface area contributed by atoms with Gasteiger partial charge in [-0.15, -0.1) is 0 Å². The minimum atomic E-state index is -0.603. The van der Waals surface area contributed by atoms with Crippen molar-refractivity contribution in [2.75, 3.05) is 5.33 Å². The molecule has 0 N–H and O–H groups in total. The Morgan fingerprint density at radius 3 is 2.53 bits per heavy atom. The molecular formula is C10H11BrFNO2. The maximum absolute atomic E-state index is 13.6. The van der Waals surface area contributed by atoms with Crippen LogP contribution < -0.4 is 0 Å². The summed E-state index contributed by atoms with van der Waals surface area (Å²) in [6.45, 7) is 3.73. The van der Waals surface area contributed by atoms with Crippen LogP contribution in [0.3, 0.4) is 0 Å². The van der Waals surface area contributed by atoms with Crippen molar-refractivity contribution in [3.8, 4) is 0 Å². The first-order chi connectivity index (χ1) is 6.88. The van der Waals surface area contributed by atoms with Crippen molar-refractivity contribution in [2.24, 2.45) is 0 Å². The Morgan fingerprint density at radius 1 is 1.53 bits per heavy atom. The summed E-state index contributed by atoms with van der Waals surface area (Å²) in [5, 5.41) is 11.0. The highest BCUT2D eigenvalue weighted by molar-refractivity contribution is 9.09. The monoisotopic (exact) mass is 275 g/mol. The highest BCUT2D eigenvalue weighted by Crippen LogP contribution is 2.29. The Labute approximate surface area is 95.6 Å². The van der Waals surface area contributed by atoms with Gasteiger partial charge in [-0.3, -0.25) is 10.1 Å². The molecule has 0 aliphatic rings. The molecule has 0 unspecified atom stereocenters. The molecular weight excluding hydrogens is 265 g/mol. The fourth-order valence-corrected chi connectivity index (χ4v) is 1.54. The second-order valence-electron chi connectivity index (χ2n) is 3.94. The van der Waals surface area contributed by atoms with E-state index in [0.29, 0.717) is 10.9 Å². The Kier molecular flexibility index (Phi) is 3.44. The van der Waals surface area contributed by atoms with Crippen molar-refractivity contribution in [1.82, 2.24) is 0 Å². The molecule has 0 aromatic heterocycles. The lowest BCUT2D eigenvalue weighted by molar-refractivity contribution is -0.385. The predicted octanol–water partition coefficient (Wildman–Crippen LogP) is 3.41. The SMILES string of the molecule is CC(C)(CBr)c1ccc([N+](=O)[O-])cc1F. The molecule has 0 spiro atoms. The number of hydrogen-bond donors (Lipinski definition) is 0. The third-order valence-corrected chi connectivity index (χ3v) is 3.63. The number of non-ortho nitro benzene ring substituents is 1. The van der Waals surface area contributed by atoms with E-state index in [4.69, 9.17) is 0 Å². The van der Waals surface area contributed by atoms with Crippen LogP contribution in [0.25, 0.3) is 0 Å². The summed E-state index contributed by atoms with van der Waals surface area (Å²) in [5.41, 5.74) is -0.120. The third kappa shape index (κ3) is 2.53. The maximum atomic E-state index is 13.6. The zero-order chi connectivity index (χ0) is 11.6. The van der Waals surface area contributed by atoms with Crippen LogP contribution in [0.2, 0.25) is 0 Å². The molecule has 0 saturated carbocycles. The van der Waals surface area contributed by atoms with Gasteiger partial charge in [0.1, 0.15) is 5.82 Å². The van der Waals surface area contributed by atoms with E-state index in [2.05, 4.69) is 15.9 Å². The standard InChI is InChI=1S/C10H11BrFNO2/c1-10(2,6-11)8-4-3-7(13(14)15)5-9(8)12/h3-5H,6H2,1-2H3. The average Bonchev–Trinajstić information content (AvgIpc) is 2.17. The summed E-state index contributed by atoms with van der Waals surface area (Å²) in [6, 6.07) is 3.75. The average molecular weight is 276 g/mol. The van der Waals surface area contributed by atoms with Gasteiger partial charge in [0, 0.05) is 16.8 Å². The van der Waals surface area contributed by atoms with Gasteiger partial charge in [0.05, 0.1) is 11.0 Å². The molecule has 15 heavy (non-hydrogen) atoms. The fraction of sp³-hybridized carbons (Fsp3) is 0.400. The van der Waals surface area contributed by atoms with E-state index in [0.717, 1.165) is 6.07 Å². The van der Waals surface area contributed by atoms with Crippen LogP contribution in [0.15, 0.2) is 18.2 Å². The second kappa shape index (κ2) is 4.26. The van der Waals surface area contributed by atoms with Gasteiger partial charge in [-0.05, 0) is 11.6 Å². The van der Waals surface area contributed by atoms with Gasteiger partial charge in [-0.2, -0.15) is 0 Å². The highest BCUT2D eigenvalue weighted by atomic mass is 79.9. The molecule has 0 bridgehead atoms. The van der Waals surface area contributed by atoms with E-state index in [1.165, 1.54) is 12.1 Å². The van der Waals surface area contributed by atoms with Gasteiger partial charge in [0.25, 0.3) is 5.69 Å². The quantitative estimate of drug-likeness (QED) is 0.482. The van der Waals surface area contributed by atoms with Crippen LogP contribution in [0, 0.1) is 15.9 Å². The van der Waals surface area contributed by atoms with Crippen LogP contribution in [-0.2, 0) is 5.41 Å². The first-order valence-corrected chi connectivity index (χ1v) is 5.51. The van der Waals surface area contributed by atoms with Gasteiger partial charge in [-0.25, -0.2) is 4.39 Å². The Hall–Kier alpha value is -0.970. The van der Waals surface area contributed by atoms with Gasteiger partial charge in [-0.1, -0.05) is 29.8 Å². The molecule has 1 aromatic carbocycles. The topological polar surface area (TPSA) is 43.1 Å². The van der Waals surface area contributed by atoms with Crippen molar-refractivity contribution >= 4 is 21.6 Å². The molecule has 82 valence electrons. The van der Waals surface area contributed by atoms with Crippen molar-refractivity contribution in [3.05, 3.63) is 39.7 Å². The van der Waals surface area contributed by atoms with E-state index in [-0.39, 0.29) is 11.1 Å². The summed E-state index contributed by atoms with van der Waals surface area (Å²) < 4.78 is 13.6. The van der Waals surface area contributed by atoms with Crippen molar-refractivity contribution in [1.29, 1.82) is 0 Å². The molecule has 0 aliphatic heterocycles. The highest BCUT2D eigenvalue weighted by Gasteiger charge is 2.24. The van der Waals surface area contributed by atoms with Crippen LogP contribution in [0.4, 0.5) is 10.1 Å². The van der Waals surface area contributed by atoms with Crippen LogP contribution in [0.5, 0.6) is 0 Å². The van der Waals surface area contributed by atoms with Crippen molar-refractivity contribution in [2.45, 2.75) is 19.3 Å². The first-order valence-electron chi connectivity index (χ1n) is 4.39. The zero-order valence-electron chi connectivity index (χ0n) is 8.46. The number of benzene rings is 1. The maximum Gasteiger partial charge on any atom is 0.272 e. The van der Waals surface area contributed by atoms with E-state index in [1.54, 1.807) is 0 Å². The summed E-state index contributed by atoms with van der Waals surface area (Å²) in [5.74, 6) is -0.534. The van der Waals surface area contributed by atoms with Gasteiger partial charge >= 0.3 is 0 Å². The number of nitro groups is 1. The number of nitrogens with zero attached hydrogens (tertiary/aromatic N) is 1. The minimum absolute atomic E-state index is 0.221. The van der Waals surface area contributed by atoms with Crippen LogP contribution >= 0.6 is 15.9 Å². The predicted molar refractivity (Wildman–Crippen MR) is 59.9 cm³/mol. The lowest BCUT2D eigenvalue weighted by Crippen LogP contribution is -2.20. The molecule has 3 nitrogen and oxygen atoms in total. The van der Waals surface area contributed by atoms with E-state index in [9.17, 15) is 14.5 Å². The number of nitro benzene ring substituents is 1. The number of alkyl halides is 1. The van der Waals surface area contributed by atoms with Crippen LogP contribution in [-0.4, -0.2) is 10.3 Å². The Morgan fingerprint density at radius 2 is 2.13 bits per heavy atom. The number of halogens is 2. The molecule has 1 rings (SSSR count). The van der Waals surface area contributed by atoms with Gasteiger partial charge in [0.2, 0.25) is 0 Å². The van der Waals surface area contributed by atoms with E-state index < -0.39 is 10.7 Å². The summed E-state index contributed by atoms with van der Waals surface area (Å²) >= 11 is 3.29. The smallest absolute Gasteiger partial charge is 0.258 e. The first kappa shape index (κ1) is 12.1. The fourth-order valence-electron chi connectivity index (χ4n) is 1.24. The molecule has 0 radical (unpaired) electrons. The van der Waals surface area contributed by atoms with Crippen molar-refractivity contribution < 1.29 is 9.31 Å². The van der Waals surface area contributed by atoms with Crippen LogP contribution in [0.1, 0.15) is 19.4 Å². The van der Waals surface area contributed by atoms with Gasteiger partial charge in [0.15, 0.2) is 0 Å². The third-order valence-electron chi connectivity index (χ3n) is 2.23. The lowest BCUT2D eigenvalue weighted by Gasteiger charge is -2.22. The van der Waals surface area contributed by atoms with E-state index in [1.807, 2.05) is 13.8 Å². The normalized spacial score (nSPS) is 11.5. The molecule has 1 aromatic rings. The second-order valence-corrected chi connectivity index (χ2v) is 4.50. The molecule has 0 amide bonds. The summed E-state index contributed by atoms with van der Waals surface area (Å²) in [6.07, 6.45) is 0. The zero-order valence-corrected chi connectivity index (χ0v) is 10.0. The largest absolute Gasteiger partial charge is 0.272 e. The Bertz CT molecular complexity index is 393. The molecule has 0 saturated heterocycles. The minimum Gasteiger partial charge on any atom is -0.258 e. The molecule has 0 aliphatic carbocycles. The van der Waals surface area contributed by atoms with E-state index >= 15 is 0 Å². The molecule has 0 atom stereocenters. The Balaban J connectivity index is 3.19.